The molecule has 4 nitrogen and oxygen atoms in total. The Bertz CT molecular complexity index is 629. The molecule has 0 fully saturated rings. The van der Waals surface area contributed by atoms with Gasteiger partial charge in [0.05, 0.1) is 10.7 Å². The van der Waals surface area contributed by atoms with Crippen LogP contribution >= 0.6 is 15.9 Å². The average molecular weight is 350 g/mol. The van der Waals surface area contributed by atoms with Crippen LogP contribution in [0.3, 0.4) is 0 Å². The van der Waals surface area contributed by atoms with Crippen molar-refractivity contribution >= 4 is 22.1 Å². The van der Waals surface area contributed by atoms with Crippen LogP contribution < -0.4 is 9.47 Å². The highest BCUT2D eigenvalue weighted by Gasteiger charge is 2.03. The van der Waals surface area contributed by atoms with Gasteiger partial charge in [-0.3, -0.25) is 0 Å². The molecule has 0 heterocycles. The van der Waals surface area contributed by atoms with Crippen LogP contribution in [0.25, 0.3) is 0 Å². The Balaban J connectivity index is 1.85. The Kier molecular flexibility index (Phi) is 5.63. The molecule has 0 spiro atoms. The summed E-state index contributed by atoms with van der Waals surface area (Å²) in [6, 6.07) is 13.3. The summed E-state index contributed by atoms with van der Waals surface area (Å²) in [4.78, 5) is 0. The SMILES string of the molecule is Cc1ccccc1OCCOc1ccc(C=NO)cc1Br. The van der Waals surface area contributed by atoms with E-state index in [0.717, 1.165) is 27.1 Å². The molecule has 0 unspecified atom stereocenters. The van der Waals surface area contributed by atoms with Crippen molar-refractivity contribution in [3.8, 4) is 11.5 Å². The molecule has 110 valence electrons. The van der Waals surface area contributed by atoms with Crippen LogP contribution in [-0.4, -0.2) is 24.6 Å². The number of hydrogen-bond donors (Lipinski definition) is 1. The van der Waals surface area contributed by atoms with Crippen LogP contribution in [0.5, 0.6) is 11.5 Å². The monoisotopic (exact) mass is 349 g/mol. The first-order chi connectivity index (χ1) is 10.2. The van der Waals surface area contributed by atoms with E-state index in [-0.39, 0.29) is 0 Å². The van der Waals surface area contributed by atoms with Crippen LogP contribution in [0, 0.1) is 6.92 Å². The molecule has 2 aromatic rings. The molecule has 21 heavy (non-hydrogen) atoms. The molecule has 1 N–H and O–H groups in total. The van der Waals surface area contributed by atoms with Gasteiger partial charge in [-0.2, -0.15) is 0 Å². The standard InChI is InChI=1S/C16H16BrNO3/c1-12-4-2-3-5-15(12)20-8-9-21-16-7-6-13(11-18-19)10-14(16)17/h2-7,10-11,19H,8-9H2,1H3. The van der Waals surface area contributed by atoms with Gasteiger partial charge in [0.2, 0.25) is 0 Å². The molecular formula is C16H16BrNO3. The predicted octanol–water partition coefficient (Wildman–Crippen LogP) is 4.02. The van der Waals surface area contributed by atoms with Crippen LogP contribution in [0.1, 0.15) is 11.1 Å². The number of ether oxygens (including phenoxy) is 2. The summed E-state index contributed by atoms with van der Waals surface area (Å²) >= 11 is 3.42. The number of hydrogen-bond acceptors (Lipinski definition) is 4. The molecule has 2 rings (SSSR count). The minimum Gasteiger partial charge on any atom is -0.490 e. The number of para-hydroxylation sites is 1. The summed E-state index contributed by atoms with van der Waals surface area (Å²) in [5, 5.41) is 11.5. The van der Waals surface area contributed by atoms with Gasteiger partial charge in [0.15, 0.2) is 0 Å². The molecule has 0 aliphatic rings. The fraction of sp³-hybridized carbons (Fsp3) is 0.188. The second-order valence-electron chi connectivity index (χ2n) is 4.40. The van der Waals surface area contributed by atoms with Gasteiger partial charge in [0.1, 0.15) is 24.7 Å². The van der Waals surface area contributed by atoms with Gasteiger partial charge >= 0.3 is 0 Å². The second kappa shape index (κ2) is 7.69. The zero-order chi connectivity index (χ0) is 15.1. The topological polar surface area (TPSA) is 51.0 Å². The summed E-state index contributed by atoms with van der Waals surface area (Å²) in [5.41, 5.74) is 1.89. The molecule has 0 atom stereocenters. The van der Waals surface area contributed by atoms with Crippen LogP contribution in [0.2, 0.25) is 0 Å². The highest BCUT2D eigenvalue weighted by Crippen LogP contribution is 2.25. The fourth-order valence-electron chi connectivity index (χ4n) is 1.80. The zero-order valence-electron chi connectivity index (χ0n) is 11.6. The Morgan fingerprint density at radius 3 is 2.48 bits per heavy atom. The van der Waals surface area contributed by atoms with Crippen molar-refractivity contribution in [2.75, 3.05) is 13.2 Å². The normalized spacial score (nSPS) is 10.8. The minimum atomic E-state index is 0.445. The number of aryl methyl sites for hydroxylation is 1. The van der Waals surface area contributed by atoms with E-state index in [1.165, 1.54) is 6.21 Å². The largest absolute Gasteiger partial charge is 0.490 e. The maximum Gasteiger partial charge on any atom is 0.133 e. The predicted molar refractivity (Wildman–Crippen MR) is 85.7 cm³/mol. The summed E-state index contributed by atoms with van der Waals surface area (Å²) in [6.07, 6.45) is 1.36. The van der Waals surface area contributed by atoms with E-state index < -0.39 is 0 Å². The first-order valence-electron chi connectivity index (χ1n) is 6.49. The molecule has 0 saturated heterocycles. The molecule has 2 aromatic carbocycles. The molecule has 0 amide bonds. The van der Waals surface area contributed by atoms with E-state index in [1.807, 2.05) is 49.4 Å². The molecular weight excluding hydrogens is 334 g/mol. The van der Waals surface area contributed by atoms with Gasteiger partial charge in [-0.25, -0.2) is 0 Å². The molecule has 0 bridgehead atoms. The van der Waals surface area contributed by atoms with E-state index in [0.29, 0.717) is 13.2 Å². The highest BCUT2D eigenvalue weighted by molar-refractivity contribution is 9.10. The maximum absolute atomic E-state index is 8.49. The number of benzene rings is 2. The summed E-state index contributed by atoms with van der Waals surface area (Å²) in [6.45, 7) is 2.92. The first-order valence-corrected chi connectivity index (χ1v) is 7.28. The lowest BCUT2D eigenvalue weighted by molar-refractivity contribution is 0.215. The molecule has 0 aromatic heterocycles. The smallest absolute Gasteiger partial charge is 0.133 e. The Labute approximate surface area is 132 Å². The van der Waals surface area contributed by atoms with Gasteiger partial charge in [0, 0.05) is 0 Å². The van der Waals surface area contributed by atoms with Crippen molar-refractivity contribution in [1.82, 2.24) is 0 Å². The molecule has 5 heteroatoms. The Morgan fingerprint density at radius 1 is 1.10 bits per heavy atom. The quantitative estimate of drug-likeness (QED) is 0.370. The van der Waals surface area contributed by atoms with E-state index >= 15 is 0 Å². The number of rotatable bonds is 6. The number of halogens is 1. The lowest BCUT2D eigenvalue weighted by Crippen LogP contribution is -2.09. The van der Waals surface area contributed by atoms with Crippen molar-refractivity contribution < 1.29 is 14.7 Å². The molecule has 0 saturated carbocycles. The van der Waals surface area contributed by atoms with Crippen molar-refractivity contribution in [3.05, 3.63) is 58.1 Å². The van der Waals surface area contributed by atoms with Gasteiger partial charge in [-0.05, 0) is 58.2 Å². The molecule has 0 aliphatic heterocycles. The fourth-order valence-corrected chi connectivity index (χ4v) is 2.31. The van der Waals surface area contributed by atoms with Crippen LogP contribution in [0.4, 0.5) is 0 Å². The van der Waals surface area contributed by atoms with Crippen LogP contribution in [-0.2, 0) is 0 Å². The van der Waals surface area contributed by atoms with Crippen molar-refractivity contribution in [2.24, 2.45) is 5.16 Å². The summed E-state index contributed by atoms with van der Waals surface area (Å²) in [5.74, 6) is 1.59. The number of oxime groups is 1. The van der Waals surface area contributed by atoms with Crippen molar-refractivity contribution in [1.29, 1.82) is 0 Å². The lowest BCUT2D eigenvalue weighted by atomic mass is 10.2. The second-order valence-corrected chi connectivity index (χ2v) is 5.25. The van der Waals surface area contributed by atoms with E-state index in [1.54, 1.807) is 0 Å². The van der Waals surface area contributed by atoms with E-state index in [2.05, 4.69) is 21.1 Å². The zero-order valence-corrected chi connectivity index (χ0v) is 13.2. The van der Waals surface area contributed by atoms with Gasteiger partial charge < -0.3 is 14.7 Å². The Hall–Kier alpha value is -2.01. The van der Waals surface area contributed by atoms with Gasteiger partial charge in [-0.1, -0.05) is 23.4 Å². The summed E-state index contributed by atoms with van der Waals surface area (Å²) in [7, 11) is 0. The molecule has 0 radical (unpaired) electrons. The van der Waals surface area contributed by atoms with E-state index in [4.69, 9.17) is 14.7 Å². The third kappa shape index (κ3) is 4.49. The summed E-state index contributed by atoms with van der Waals surface area (Å²) < 4.78 is 12.1. The third-order valence-electron chi connectivity index (χ3n) is 2.85. The van der Waals surface area contributed by atoms with E-state index in [9.17, 15) is 0 Å². The number of nitrogens with zero attached hydrogens (tertiary/aromatic N) is 1. The Morgan fingerprint density at radius 2 is 1.81 bits per heavy atom. The van der Waals surface area contributed by atoms with Crippen molar-refractivity contribution in [2.45, 2.75) is 6.92 Å². The van der Waals surface area contributed by atoms with Crippen LogP contribution in [0.15, 0.2) is 52.1 Å². The lowest BCUT2D eigenvalue weighted by Gasteiger charge is -2.11. The highest BCUT2D eigenvalue weighted by atomic mass is 79.9. The molecule has 0 aliphatic carbocycles. The first kappa shape index (κ1) is 15.4. The third-order valence-corrected chi connectivity index (χ3v) is 3.47. The minimum absolute atomic E-state index is 0.445. The van der Waals surface area contributed by atoms with Gasteiger partial charge in [0.25, 0.3) is 0 Å². The van der Waals surface area contributed by atoms with Gasteiger partial charge in [-0.15, -0.1) is 0 Å². The van der Waals surface area contributed by atoms with Crippen molar-refractivity contribution in [3.63, 3.8) is 0 Å². The average Bonchev–Trinajstić information content (AvgIpc) is 2.47. The maximum atomic E-state index is 8.49.